The molecule has 3 rings (SSSR count). The van der Waals surface area contributed by atoms with Crippen molar-refractivity contribution in [3.05, 3.63) is 33.8 Å². The molecule has 0 saturated carbocycles. The summed E-state index contributed by atoms with van der Waals surface area (Å²) >= 11 is 0. The first kappa shape index (κ1) is 14.6. The van der Waals surface area contributed by atoms with Crippen LogP contribution in [-0.2, 0) is 9.59 Å². The van der Waals surface area contributed by atoms with Crippen LogP contribution in [0, 0.1) is 6.92 Å². The summed E-state index contributed by atoms with van der Waals surface area (Å²) in [5.74, 6) is -1.11. The Morgan fingerprint density at radius 2 is 2.00 bits per heavy atom. The first-order valence-electron chi connectivity index (χ1n) is 7.38. The number of fused-ring (bicyclic) bond motifs is 1. The first-order valence-corrected chi connectivity index (χ1v) is 7.38. The lowest BCUT2D eigenvalue weighted by Gasteiger charge is -2.21. The number of aromatic nitrogens is 1. The molecule has 1 aliphatic rings. The standard InChI is InChI=1S/C16H18N2O4/c1-8(2)10-5-4-9(3)13-14(10)22-16(21)18(13)11-6-7-12(19)17-15(11)20/h4-5,8,11H,6-7H2,1-3H3,(H,17,19,20). The lowest BCUT2D eigenvalue weighted by Crippen LogP contribution is -2.43. The molecule has 0 bridgehead atoms. The van der Waals surface area contributed by atoms with Crippen LogP contribution in [0.25, 0.3) is 11.1 Å². The van der Waals surface area contributed by atoms with Gasteiger partial charge in [0.2, 0.25) is 11.8 Å². The fourth-order valence-electron chi connectivity index (χ4n) is 2.99. The van der Waals surface area contributed by atoms with Gasteiger partial charge in [-0.15, -0.1) is 0 Å². The normalized spacial score (nSPS) is 19.0. The minimum atomic E-state index is -0.701. The predicted octanol–water partition coefficient (Wildman–Crippen LogP) is 2.00. The lowest BCUT2D eigenvalue weighted by molar-refractivity contribution is -0.135. The monoisotopic (exact) mass is 302 g/mol. The number of amides is 2. The highest BCUT2D eigenvalue weighted by molar-refractivity contribution is 6.00. The van der Waals surface area contributed by atoms with Crippen LogP contribution in [0.15, 0.2) is 21.3 Å². The van der Waals surface area contributed by atoms with E-state index in [4.69, 9.17) is 4.42 Å². The summed E-state index contributed by atoms with van der Waals surface area (Å²) in [7, 11) is 0. The van der Waals surface area contributed by atoms with Crippen molar-refractivity contribution in [1.82, 2.24) is 9.88 Å². The zero-order valence-electron chi connectivity index (χ0n) is 12.8. The molecule has 1 aliphatic heterocycles. The van der Waals surface area contributed by atoms with Gasteiger partial charge in [-0.3, -0.25) is 19.5 Å². The third-order valence-electron chi connectivity index (χ3n) is 4.13. The van der Waals surface area contributed by atoms with E-state index in [-0.39, 0.29) is 18.2 Å². The van der Waals surface area contributed by atoms with Gasteiger partial charge in [0, 0.05) is 6.42 Å². The van der Waals surface area contributed by atoms with Gasteiger partial charge < -0.3 is 4.42 Å². The summed E-state index contributed by atoms with van der Waals surface area (Å²) in [6, 6.07) is 3.17. The number of imide groups is 1. The highest BCUT2D eigenvalue weighted by atomic mass is 16.4. The van der Waals surface area contributed by atoms with Crippen molar-refractivity contribution >= 4 is 22.9 Å². The molecule has 1 aromatic heterocycles. The smallest absolute Gasteiger partial charge is 0.407 e. The number of carbonyl (C=O) groups is 2. The largest absolute Gasteiger partial charge is 0.420 e. The number of nitrogens with one attached hydrogen (secondary N) is 1. The molecule has 2 amide bonds. The van der Waals surface area contributed by atoms with Crippen molar-refractivity contribution < 1.29 is 14.0 Å². The van der Waals surface area contributed by atoms with Gasteiger partial charge in [0.05, 0.1) is 5.52 Å². The number of benzene rings is 1. The molecule has 1 atom stereocenters. The van der Waals surface area contributed by atoms with Crippen LogP contribution in [-0.4, -0.2) is 16.4 Å². The third-order valence-corrected chi connectivity index (χ3v) is 4.13. The van der Waals surface area contributed by atoms with Gasteiger partial charge in [-0.1, -0.05) is 26.0 Å². The summed E-state index contributed by atoms with van der Waals surface area (Å²) in [6.45, 7) is 5.92. The molecule has 1 unspecified atom stereocenters. The van der Waals surface area contributed by atoms with E-state index in [0.29, 0.717) is 17.5 Å². The van der Waals surface area contributed by atoms with Gasteiger partial charge in [0.1, 0.15) is 6.04 Å². The fourth-order valence-corrected chi connectivity index (χ4v) is 2.99. The Balaban J connectivity index is 2.24. The van der Waals surface area contributed by atoms with E-state index in [1.165, 1.54) is 4.57 Å². The molecule has 22 heavy (non-hydrogen) atoms. The molecule has 6 nitrogen and oxygen atoms in total. The zero-order valence-corrected chi connectivity index (χ0v) is 12.8. The summed E-state index contributed by atoms with van der Waals surface area (Å²) in [4.78, 5) is 35.7. The van der Waals surface area contributed by atoms with Crippen molar-refractivity contribution in [3.8, 4) is 0 Å². The van der Waals surface area contributed by atoms with E-state index in [2.05, 4.69) is 5.32 Å². The summed E-state index contributed by atoms with van der Waals surface area (Å²) in [6.07, 6.45) is 0.531. The van der Waals surface area contributed by atoms with Crippen LogP contribution in [0.2, 0.25) is 0 Å². The van der Waals surface area contributed by atoms with Crippen molar-refractivity contribution in [1.29, 1.82) is 0 Å². The second kappa shape index (κ2) is 5.12. The average Bonchev–Trinajstić information content (AvgIpc) is 2.77. The minimum absolute atomic E-state index is 0.198. The molecule has 0 radical (unpaired) electrons. The number of rotatable bonds is 2. The predicted molar refractivity (Wildman–Crippen MR) is 80.7 cm³/mol. The number of oxazole rings is 1. The fraction of sp³-hybridized carbons (Fsp3) is 0.438. The lowest BCUT2D eigenvalue weighted by atomic mass is 9.99. The van der Waals surface area contributed by atoms with Crippen molar-refractivity contribution in [2.75, 3.05) is 0 Å². The molecule has 0 spiro atoms. The Hall–Kier alpha value is -2.37. The van der Waals surface area contributed by atoms with Gasteiger partial charge in [0.15, 0.2) is 5.58 Å². The van der Waals surface area contributed by atoms with Crippen molar-refractivity contribution in [2.45, 2.75) is 45.6 Å². The van der Waals surface area contributed by atoms with Gasteiger partial charge in [-0.25, -0.2) is 4.79 Å². The molecule has 116 valence electrons. The highest BCUT2D eigenvalue weighted by Gasteiger charge is 2.32. The van der Waals surface area contributed by atoms with Crippen LogP contribution in [0.1, 0.15) is 49.8 Å². The van der Waals surface area contributed by atoms with Gasteiger partial charge in [-0.2, -0.15) is 0 Å². The quantitative estimate of drug-likeness (QED) is 0.860. The number of aryl methyl sites for hydroxylation is 1. The Morgan fingerprint density at radius 1 is 1.27 bits per heavy atom. The second-order valence-electron chi connectivity index (χ2n) is 6.01. The molecular formula is C16H18N2O4. The number of hydrogen-bond donors (Lipinski definition) is 1. The number of hydrogen-bond acceptors (Lipinski definition) is 4. The van der Waals surface area contributed by atoms with Crippen molar-refractivity contribution in [3.63, 3.8) is 0 Å². The maximum atomic E-state index is 12.3. The van der Waals surface area contributed by atoms with Crippen LogP contribution < -0.4 is 11.1 Å². The number of carbonyl (C=O) groups excluding carboxylic acids is 2. The zero-order chi connectivity index (χ0) is 16.0. The number of nitrogens with zero attached hydrogens (tertiary/aromatic N) is 1. The Bertz CT molecular complexity index is 829. The molecular weight excluding hydrogens is 284 g/mol. The summed E-state index contributed by atoms with van der Waals surface area (Å²) < 4.78 is 6.83. The van der Waals surface area contributed by atoms with E-state index in [9.17, 15) is 14.4 Å². The van der Waals surface area contributed by atoms with Crippen LogP contribution in [0.5, 0.6) is 0 Å². The Morgan fingerprint density at radius 3 is 2.64 bits per heavy atom. The molecule has 6 heteroatoms. The molecule has 1 fully saturated rings. The Labute approximate surface area is 127 Å². The molecule has 2 heterocycles. The second-order valence-corrected chi connectivity index (χ2v) is 6.01. The van der Waals surface area contributed by atoms with Gasteiger partial charge in [-0.05, 0) is 30.4 Å². The van der Waals surface area contributed by atoms with E-state index < -0.39 is 17.7 Å². The number of piperidine rings is 1. The highest BCUT2D eigenvalue weighted by Crippen LogP contribution is 2.30. The average molecular weight is 302 g/mol. The third kappa shape index (κ3) is 2.15. The van der Waals surface area contributed by atoms with Crippen molar-refractivity contribution in [2.24, 2.45) is 0 Å². The molecule has 0 aliphatic carbocycles. The summed E-state index contributed by atoms with van der Waals surface area (Å²) in [5, 5.41) is 2.29. The van der Waals surface area contributed by atoms with Crippen LogP contribution in [0.3, 0.4) is 0 Å². The van der Waals surface area contributed by atoms with E-state index >= 15 is 0 Å². The van der Waals surface area contributed by atoms with Gasteiger partial charge in [0.25, 0.3) is 0 Å². The summed E-state index contributed by atoms with van der Waals surface area (Å²) in [5.41, 5.74) is 2.98. The first-order chi connectivity index (χ1) is 10.4. The maximum absolute atomic E-state index is 12.3. The van der Waals surface area contributed by atoms with Gasteiger partial charge >= 0.3 is 5.76 Å². The Kier molecular flexibility index (Phi) is 3.39. The molecule has 2 aromatic rings. The molecule has 1 N–H and O–H groups in total. The molecule has 1 saturated heterocycles. The van der Waals surface area contributed by atoms with E-state index in [1.807, 2.05) is 32.9 Å². The minimum Gasteiger partial charge on any atom is -0.407 e. The van der Waals surface area contributed by atoms with E-state index in [1.54, 1.807) is 0 Å². The van der Waals surface area contributed by atoms with Crippen LogP contribution in [0.4, 0.5) is 0 Å². The van der Waals surface area contributed by atoms with Crippen LogP contribution >= 0.6 is 0 Å². The topological polar surface area (TPSA) is 81.3 Å². The molecule has 1 aromatic carbocycles. The maximum Gasteiger partial charge on any atom is 0.420 e. The SMILES string of the molecule is Cc1ccc(C(C)C)c2oc(=O)n(C3CCC(=O)NC3=O)c12. The van der Waals surface area contributed by atoms with E-state index in [0.717, 1.165) is 11.1 Å².